The molecule has 6 N–H and O–H groups in total. The second-order valence-corrected chi connectivity index (χ2v) is 11.6. The minimum absolute atomic E-state index is 0.00493. The Bertz CT molecular complexity index is 723. The smallest absolute Gasteiger partial charge is 0.145 e. The predicted octanol–water partition coefficient (Wildman–Crippen LogP) is 1.28. The summed E-state index contributed by atoms with van der Waals surface area (Å²) >= 11 is 0. The number of ketones is 1. The van der Waals surface area contributed by atoms with Crippen LogP contribution in [0, 0.1) is 46.3 Å². The number of allylic oxidation sites excluding steroid dienone is 2. The molecule has 0 aliphatic heterocycles. The number of rotatable bonds is 7. The van der Waals surface area contributed by atoms with Gasteiger partial charge in [0, 0.05) is 18.4 Å². The van der Waals surface area contributed by atoms with E-state index in [0.717, 1.165) is 12.8 Å². The van der Waals surface area contributed by atoms with E-state index in [-0.39, 0.29) is 48.4 Å². The molecule has 11 atom stereocenters. The zero-order valence-electron chi connectivity index (χ0n) is 20.5. The van der Waals surface area contributed by atoms with Gasteiger partial charge in [-0.15, -0.1) is 0 Å². The molecule has 33 heavy (non-hydrogen) atoms. The van der Waals surface area contributed by atoms with Crippen molar-refractivity contribution < 1.29 is 35.4 Å². The molecule has 3 fully saturated rings. The number of hydrogen-bond donors (Lipinski definition) is 6. The summed E-state index contributed by atoms with van der Waals surface area (Å²) in [6, 6.07) is 0. The summed E-state index contributed by atoms with van der Waals surface area (Å²) in [7, 11) is 0. The van der Waals surface area contributed by atoms with Gasteiger partial charge in [-0.05, 0) is 61.2 Å². The standard InChI is InChI=1S/C26H44O7/c1-14(2)5-6-15(3)17-7-8-18(25(17,4)9-10-27)16-11-19(29)21-23(32)22(31)20(30)12-26(21,13-28)24(16)33/h5-6,14-23,27-32H,7-13H2,1-4H3/b6-5+/t15-,16+,17-,18+,19-,20-,21+,22+,23+,25-,26-/m1/s1. The van der Waals surface area contributed by atoms with Gasteiger partial charge in [-0.2, -0.15) is 0 Å². The van der Waals surface area contributed by atoms with Crippen molar-refractivity contribution in [2.75, 3.05) is 13.2 Å². The van der Waals surface area contributed by atoms with E-state index >= 15 is 0 Å². The maximum atomic E-state index is 14.0. The minimum atomic E-state index is -1.48. The van der Waals surface area contributed by atoms with Gasteiger partial charge in [-0.25, -0.2) is 0 Å². The quantitative estimate of drug-likeness (QED) is 0.310. The van der Waals surface area contributed by atoms with Crippen LogP contribution in [0.15, 0.2) is 12.2 Å². The highest BCUT2D eigenvalue weighted by molar-refractivity contribution is 5.89. The van der Waals surface area contributed by atoms with E-state index in [1.807, 2.05) is 0 Å². The van der Waals surface area contributed by atoms with E-state index in [9.17, 15) is 35.4 Å². The van der Waals surface area contributed by atoms with Crippen molar-refractivity contribution in [3.8, 4) is 0 Å². The van der Waals surface area contributed by atoms with Crippen molar-refractivity contribution in [2.24, 2.45) is 46.3 Å². The molecule has 0 aromatic heterocycles. The Labute approximate surface area is 197 Å². The van der Waals surface area contributed by atoms with Gasteiger partial charge in [0.25, 0.3) is 0 Å². The molecule has 0 saturated heterocycles. The van der Waals surface area contributed by atoms with Crippen LogP contribution in [0.3, 0.4) is 0 Å². The third kappa shape index (κ3) is 4.45. The third-order valence-electron chi connectivity index (χ3n) is 9.40. The maximum absolute atomic E-state index is 14.0. The number of hydrogen-bond acceptors (Lipinski definition) is 7. The van der Waals surface area contributed by atoms with Crippen molar-refractivity contribution in [3.63, 3.8) is 0 Å². The molecule has 3 rings (SSSR count). The van der Waals surface area contributed by atoms with Gasteiger partial charge in [0.2, 0.25) is 0 Å². The van der Waals surface area contributed by atoms with Crippen molar-refractivity contribution >= 4 is 5.78 Å². The van der Waals surface area contributed by atoms with E-state index in [4.69, 9.17) is 0 Å². The minimum Gasteiger partial charge on any atom is -0.396 e. The van der Waals surface area contributed by atoms with E-state index in [2.05, 4.69) is 39.8 Å². The Morgan fingerprint density at radius 3 is 2.24 bits per heavy atom. The van der Waals surface area contributed by atoms with Crippen LogP contribution >= 0.6 is 0 Å². The first kappa shape index (κ1) is 26.8. The molecule has 3 aliphatic carbocycles. The Hall–Kier alpha value is -0.830. The first-order chi connectivity index (χ1) is 15.4. The van der Waals surface area contributed by atoms with Gasteiger partial charge >= 0.3 is 0 Å². The highest BCUT2D eigenvalue weighted by atomic mass is 16.4. The molecule has 0 radical (unpaired) electrons. The molecule has 0 unspecified atom stereocenters. The SMILES string of the molecule is CC(C)/C=C/[C@@H](C)[C@H]1CC[C@@H]([C@@H]2C[C@@H](O)[C@H]3[C@H](O)[C@@H](O)[C@H](O)C[C@]3(CO)C2=O)[C@]1(C)CCO. The third-order valence-corrected chi connectivity index (χ3v) is 9.40. The largest absolute Gasteiger partial charge is 0.396 e. The number of aliphatic hydroxyl groups excluding tert-OH is 6. The molecular weight excluding hydrogens is 424 g/mol. The lowest BCUT2D eigenvalue weighted by Gasteiger charge is -2.56. The molecule has 0 spiro atoms. The van der Waals surface area contributed by atoms with Crippen molar-refractivity contribution in [2.45, 2.75) is 84.2 Å². The van der Waals surface area contributed by atoms with Crippen LogP contribution in [0.2, 0.25) is 0 Å². The highest BCUT2D eigenvalue weighted by Gasteiger charge is 2.65. The topological polar surface area (TPSA) is 138 Å². The summed E-state index contributed by atoms with van der Waals surface area (Å²) in [5.74, 6) is -0.903. The number of aliphatic hydroxyl groups is 6. The fourth-order valence-electron chi connectivity index (χ4n) is 7.70. The molecule has 7 nitrogen and oxygen atoms in total. The van der Waals surface area contributed by atoms with Crippen molar-refractivity contribution in [1.29, 1.82) is 0 Å². The van der Waals surface area contributed by atoms with Gasteiger partial charge in [0.1, 0.15) is 11.9 Å². The molecule has 0 amide bonds. The van der Waals surface area contributed by atoms with E-state index in [1.54, 1.807) is 0 Å². The van der Waals surface area contributed by atoms with Crippen LogP contribution in [-0.4, -0.2) is 74.1 Å². The Morgan fingerprint density at radius 2 is 1.67 bits per heavy atom. The highest BCUT2D eigenvalue weighted by Crippen LogP contribution is 2.60. The fraction of sp³-hybridized carbons (Fsp3) is 0.885. The van der Waals surface area contributed by atoms with Gasteiger partial charge in [0.05, 0.1) is 30.3 Å². The van der Waals surface area contributed by atoms with E-state index in [1.165, 1.54) is 0 Å². The zero-order valence-corrected chi connectivity index (χ0v) is 20.5. The Kier molecular flexibility index (Phi) is 8.14. The van der Waals surface area contributed by atoms with Crippen LogP contribution in [0.4, 0.5) is 0 Å². The number of Topliss-reactive ketones (excluding diaryl/α,β-unsaturated/α-hetero) is 1. The Morgan fingerprint density at radius 1 is 1.00 bits per heavy atom. The average molecular weight is 469 g/mol. The second kappa shape index (κ2) is 10.0. The van der Waals surface area contributed by atoms with Gasteiger partial charge in [0.15, 0.2) is 0 Å². The van der Waals surface area contributed by atoms with Crippen molar-refractivity contribution in [1.82, 2.24) is 0 Å². The first-order valence-corrected chi connectivity index (χ1v) is 12.6. The monoisotopic (exact) mass is 468 g/mol. The lowest BCUT2D eigenvalue weighted by Crippen LogP contribution is -2.67. The van der Waals surface area contributed by atoms with Gasteiger partial charge in [-0.3, -0.25) is 4.79 Å². The molecule has 0 aromatic carbocycles. The fourth-order valence-corrected chi connectivity index (χ4v) is 7.70. The summed E-state index contributed by atoms with van der Waals surface area (Å²) < 4.78 is 0. The predicted molar refractivity (Wildman–Crippen MR) is 124 cm³/mol. The van der Waals surface area contributed by atoms with Crippen LogP contribution in [0.1, 0.15) is 59.8 Å². The molecule has 0 bridgehead atoms. The number of carbonyl (C=O) groups is 1. The van der Waals surface area contributed by atoms with Crippen molar-refractivity contribution in [3.05, 3.63) is 12.2 Å². The van der Waals surface area contributed by atoms with Gasteiger partial charge < -0.3 is 30.6 Å². The Balaban J connectivity index is 1.96. The second-order valence-electron chi connectivity index (χ2n) is 11.6. The summed E-state index contributed by atoms with van der Waals surface area (Å²) in [4.78, 5) is 14.0. The number of carbonyl (C=O) groups excluding carboxylic acids is 1. The molecule has 7 heteroatoms. The lowest BCUT2D eigenvalue weighted by molar-refractivity contribution is -0.216. The molecule has 0 heterocycles. The van der Waals surface area contributed by atoms with Gasteiger partial charge in [-0.1, -0.05) is 39.8 Å². The zero-order chi connectivity index (χ0) is 24.7. The molecular formula is C26H44O7. The molecule has 190 valence electrons. The molecule has 3 saturated carbocycles. The molecule has 0 aromatic rings. The summed E-state index contributed by atoms with van der Waals surface area (Å²) in [5, 5.41) is 62.5. The average Bonchev–Trinajstić information content (AvgIpc) is 3.09. The van der Waals surface area contributed by atoms with Crippen LogP contribution in [0.5, 0.6) is 0 Å². The van der Waals surface area contributed by atoms with Crippen LogP contribution in [0.25, 0.3) is 0 Å². The lowest BCUT2D eigenvalue weighted by atomic mass is 9.50. The summed E-state index contributed by atoms with van der Waals surface area (Å²) in [6.45, 7) is 7.99. The molecule has 3 aliphatic rings. The summed E-state index contributed by atoms with van der Waals surface area (Å²) in [5.41, 5.74) is -1.81. The summed E-state index contributed by atoms with van der Waals surface area (Å²) in [6.07, 6.45) is 1.25. The first-order valence-electron chi connectivity index (χ1n) is 12.6. The normalized spacial score (nSPS) is 47.3. The van der Waals surface area contributed by atoms with Crippen LogP contribution < -0.4 is 0 Å². The van der Waals surface area contributed by atoms with Crippen LogP contribution in [-0.2, 0) is 4.79 Å². The van der Waals surface area contributed by atoms with E-state index in [0.29, 0.717) is 12.3 Å². The van der Waals surface area contributed by atoms with E-state index < -0.39 is 48.3 Å². The maximum Gasteiger partial charge on any atom is 0.145 e. The number of fused-ring (bicyclic) bond motifs is 1.